The average molecular weight is 362 g/mol. The van der Waals surface area contributed by atoms with Gasteiger partial charge in [-0.1, -0.05) is 36.7 Å². The fourth-order valence-electron chi connectivity index (χ4n) is 2.46. The third-order valence-corrected chi connectivity index (χ3v) is 5.52. The van der Waals surface area contributed by atoms with Crippen molar-refractivity contribution in [2.24, 2.45) is 0 Å². The molecular weight excluding hydrogens is 338 g/mol. The number of aryl methyl sites for hydroxylation is 2. The number of amides is 1. The zero-order valence-corrected chi connectivity index (χ0v) is 16.2. The molecular formula is C20H24ClNOS. The molecule has 2 atom stereocenters. The van der Waals surface area contributed by atoms with Crippen molar-refractivity contribution in [3.8, 4) is 0 Å². The largest absolute Gasteiger partial charge is 0.348 e. The van der Waals surface area contributed by atoms with E-state index in [4.69, 9.17) is 11.6 Å². The highest BCUT2D eigenvalue weighted by Gasteiger charge is 2.19. The van der Waals surface area contributed by atoms with Gasteiger partial charge in [0.15, 0.2) is 0 Å². The van der Waals surface area contributed by atoms with Gasteiger partial charge in [0, 0.05) is 9.92 Å². The molecule has 0 spiro atoms. The van der Waals surface area contributed by atoms with Gasteiger partial charge in [-0.25, -0.2) is 0 Å². The van der Waals surface area contributed by atoms with Crippen LogP contribution in [0.1, 0.15) is 43.0 Å². The zero-order valence-electron chi connectivity index (χ0n) is 14.6. The molecule has 24 heavy (non-hydrogen) atoms. The molecule has 0 heterocycles. The van der Waals surface area contributed by atoms with Crippen LogP contribution in [0.5, 0.6) is 0 Å². The minimum absolute atomic E-state index is 0.0464. The second kappa shape index (κ2) is 8.59. The lowest BCUT2D eigenvalue weighted by atomic mass is 9.99. The van der Waals surface area contributed by atoms with E-state index in [9.17, 15) is 4.79 Å². The molecule has 2 rings (SSSR count). The van der Waals surface area contributed by atoms with Crippen molar-refractivity contribution >= 4 is 29.3 Å². The van der Waals surface area contributed by atoms with Crippen molar-refractivity contribution in [1.82, 2.24) is 5.32 Å². The summed E-state index contributed by atoms with van der Waals surface area (Å²) in [4.78, 5) is 13.6. The smallest absolute Gasteiger partial charge is 0.233 e. The van der Waals surface area contributed by atoms with Gasteiger partial charge in [-0.05, 0) is 68.1 Å². The molecule has 0 aliphatic carbocycles. The fourth-order valence-corrected chi connectivity index (χ4v) is 3.46. The van der Waals surface area contributed by atoms with E-state index in [1.54, 1.807) is 11.8 Å². The van der Waals surface area contributed by atoms with Gasteiger partial charge in [0.25, 0.3) is 0 Å². The number of hydrogen-bond acceptors (Lipinski definition) is 2. The minimum atomic E-state index is -0.160. The van der Waals surface area contributed by atoms with E-state index in [1.807, 2.05) is 31.2 Å². The molecule has 0 fully saturated rings. The van der Waals surface area contributed by atoms with Crippen LogP contribution in [0.4, 0.5) is 0 Å². The molecule has 0 saturated heterocycles. The Morgan fingerprint density at radius 1 is 1.12 bits per heavy atom. The van der Waals surface area contributed by atoms with E-state index in [2.05, 4.69) is 44.3 Å². The molecule has 0 radical (unpaired) electrons. The summed E-state index contributed by atoms with van der Waals surface area (Å²) in [5.41, 5.74) is 3.69. The lowest BCUT2D eigenvalue weighted by Gasteiger charge is -2.21. The maximum Gasteiger partial charge on any atom is 0.233 e. The third kappa shape index (κ3) is 5.02. The Morgan fingerprint density at radius 2 is 1.79 bits per heavy atom. The van der Waals surface area contributed by atoms with E-state index in [-0.39, 0.29) is 17.2 Å². The number of halogens is 1. The van der Waals surface area contributed by atoms with Gasteiger partial charge >= 0.3 is 0 Å². The van der Waals surface area contributed by atoms with Crippen molar-refractivity contribution in [3.63, 3.8) is 0 Å². The molecule has 0 unspecified atom stereocenters. The number of nitrogens with one attached hydrogen (secondary N) is 1. The lowest BCUT2D eigenvalue weighted by molar-refractivity contribution is -0.121. The van der Waals surface area contributed by atoms with E-state index >= 15 is 0 Å². The Morgan fingerprint density at radius 3 is 2.38 bits per heavy atom. The molecule has 4 heteroatoms. The SMILES string of the molecule is CC[C@H](NC(=O)[C@@H](C)Sc1ccc(Cl)cc1)c1ccc(C)c(C)c1. The van der Waals surface area contributed by atoms with E-state index < -0.39 is 0 Å². The van der Waals surface area contributed by atoms with Crippen molar-refractivity contribution in [1.29, 1.82) is 0 Å². The van der Waals surface area contributed by atoms with Gasteiger partial charge in [-0.2, -0.15) is 0 Å². The summed E-state index contributed by atoms with van der Waals surface area (Å²) in [6, 6.07) is 14.0. The van der Waals surface area contributed by atoms with Gasteiger partial charge in [0.1, 0.15) is 0 Å². The Balaban J connectivity index is 2.02. The molecule has 2 nitrogen and oxygen atoms in total. The molecule has 2 aromatic carbocycles. The molecule has 1 N–H and O–H groups in total. The number of carbonyl (C=O) groups is 1. The molecule has 0 aliphatic rings. The van der Waals surface area contributed by atoms with Crippen LogP contribution in [-0.4, -0.2) is 11.2 Å². The number of hydrogen-bond donors (Lipinski definition) is 1. The van der Waals surface area contributed by atoms with Crippen molar-refractivity contribution in [2.75, 3.05) is 0 Å². The Bertz CT molecular complexity index is 699. The summed E-state index contributed by atoms with van der Waals surface area (Å²) in [6.45, 7) is 8.23. The van der Waals surface area contributed by atoms with Crippen LogP contribution in [0.3, 0.4) is 0 Å². The van der Waals surface area contributed by atoms with E-state index in [1.165, 1.54) is 11.1 Å². The minimum Gasteiger partial charge on any atom is -0.348 e. The first-order valence-corrected chi connectivity index (χ1v) is 9.46. The summed E-state index contributed by atoms with van der Waals surface area (Å²) < 4.78 is 0. The summed E-state index contributed by atoms with van der Waals surface area (Å²) in [5, 5.41) is 3.72. The average Bonchev–Trinajstić information content (AvgIpc) is 2.57. The number of benzene rings is 2. The normalized spacial score (nSPS) is 13.4. The first kappa shape index (κ1) is 18.9. The fraction of sp³-hybridized carbons (Fsp3) is 0.350. The van der Waals surface area contributed by atoms with Crippen molar-refractivity contribution < 1.29 is 4.79 Å². The second-order valence-corrected chi connectivity index (χ2v) is 7.88. The highest BCUT2D eigenvalue weighted by atomic mass is 35.5. The van der Waals surface area contributed by atoms with Crippen LogP contribution in [0.25, 0.3) is 0 Å². The van der Waals surface area contributed by atoms with Gasteiger partial charge < -0.3 is 5.32 Å². The Kier molecular flexibility index (Phi) is 6.76. The van der Waals surface area contributed by atoms with Crippen LogP contribution in [-0.2, 0) is 4.79 Å². The molecule has 1 amide bonds. The number of thioether (sulfide) groups is 1. The first-order valence-electron chi connectivity index (χ1n) is 8.20. The van der Waals surface area contributed by atoms with Crippen molar-refractivity contribution in [3.05, 3.63) is 64.2 Å². The first-order chi connectivity index (χ1) is 11.4. The molecule has 0 bridgehead atoms. The zero-order chi connectivity index (χ0) is 17.7. The number of rotatable bonds is 6. The standard InChI is InChI=1S/C20H24ClNOS/c1-5-19(16-7-6-13(2)14(3)12-16)22-20(23)15(4)24-18-10-8-17(21)9-11-18/h6-12,15,19H,5H2,1-4H3,(H,22,23)/t15-,19+/m1/s1. The summed E-state index contributed by atoms with van der Waals surface area (Å²) >= 11 is 7.44. The monoisotopic (exact) mass is 361 g/mol. The van der Waals surface area contributed by atoms with Gasteiger partial charge in [0.05, 0.1) is 11.3 Å². The highest BCUT2D eigenvalue weighted by molar-refractivity contribution is 8.00. The Hall–Kier alpha value is -1.45. The van der Waals surface area contributed by atoms with Crippen LogP contribution in [0, 0.1) is 13.8 Å². The molecule has 2 aromatic rings. The van der Waals surface area contributed by atoms with Crippen LogP contribution in [0.2, 0.25) is 5.02 Å². The van der Waals surface area contributed by atoms with E-state index in [0.29, 0.717) is 5.02 Å². The van der Waals surface area contributed by atoms with Crippen LogP contribution in [0.15, 0.2) is 47.4 Å². The quantitative estimate of drug-likeness (QED) is 0.668. The van der Waals surface area contributed by atoms with Crippen LogP contribution < -0.4 is 5.32 Å². The predicted octanol–water partition coefficient (Wildman–Crippen LogP) is 5.70. The van der Waals surface area contributed by atoms with Gasteiger partial charge in [-0.3, -0.25) is 4.79 Å². The summed E-state index contributed by atoms with van der Waals surface area (Å²) in [5.74, 6) is 0.0556. The highest BCUT2D eigenvalue weighted by Crippen LogP contribution is 2.26. The van der Waals surface area contributed by atoms with Crippen LogP contribution >= 0.6 is 23.4 Å². The lowest BCUT2D eigenvalue weighted by Crippen LogP contribution is -2.34. The molecule has 0 aliphatic heterocycles. The summed E-state index contributed by atoms with van der Waals surface area (Å²) in [6.07, 6.45) is 0.868. The number of carbonyl (C=O) groups excluding carboxylic acids is 1. The maximum atomic E-state index is 12.6. The summed E-state index contributed by atoms with van der Waals surface area (Å²) in [7, 11) is 0. The molecule has 0 saturated carbocycles. The molecule has 128 valence electrons. The molecule has 0 aromatic heterocycles. The van der Waals surface area contributed by atoms with Gasteiger partial charge in [-0.15, -0.1) is 11.8 Å². The maximum absolute atomic E-state index is 12.6. The van der Waals surface area contributed by atoms with Gasteiger partial charge in [0.2, 0.25) is 5.91 Å². The Labute approximate surface area is 154 Å². The van der Waals surface area contributed by atoms with Crippen molar-refractivity contribution in [2.45, 2.75) is 50.3 Å². The third-order valence-electron chi connectivity index (χ3n) is 4.15. The topological polar surface area (TPSA) is 29.1 Å². The predicted molar refractivity (Wildman–Crippen MR) is 104 cm³/mol. The second-order valence-electron chi connectivity index (χ2n) is 6.03. The van der Waals surface area contributed by atoms with E-state index in [0.717, 1.165) is 16.9 Å².